The van der Waals surface area contributed by atoms with Crippen LogP contribution in [-0.4, -0.2) is 71.1 Å². The average Bonchev–Trinajstić information content (AvgIpc) is 3.48. The summed E-state index contributed by atoms with van der Waals surface area (Å²) in [6.45, 7) is 9.35. The molecule has 2 unspecified atom stereocenters. The Labute approximate surface area is 202 Å². The minimum absolute atomic E-state index is 0.0689. The predicted molar refractivity (Wildman–Crippen MR) is 123 cm³/mol. The number of carbonyl (C=O) groups excluding carboxylic acids is 2. The Hall–Kier alpha value is -2.69. The van der Waals surface area contributed by atoms with E-state index in [2.05, 4.69) is 6.58 Å². The van der Waals surface area contributed by atoms with Gasteiger partial charge in [0.15, 0.2) is 6.29 Å². The molecule has 2 saturated heterocycles. The van der Waals surface area contributed by atoms with Gasteiger partial charge in [-0.25, -0.2) is 9.59 Å². The lowest BCUT2D eigenvalue weighted by Gasteiger charge is -2.38. The second-order valence-corrected chi connectivity index (χ2v) is 9.72. The first kappa shape index (κ1) is 25.9. The van der Waals surface area contributed by atoms with E-state index in [9.17, 15) is 19.7 Å². The molecule has 1 amide bonds. The summed E-state index contributed by atoms with van der Waals surface area (Å²) in [7, 11) is 1.51. The first-order valence-electron chi connectivity index (χ1n) is 10.8. The molecule has 0 N–H and O–H groups in total. The van der Waals surface area contributed by atoms with Crippen molar-refractivity contribution in [2.24, 2.45) is 0 Å². The average molecular weight is 497 g/mol. The molecule has 2 aliphatic rings. The van der Waals surface area contributed by atoms with Crippen LogP contribution in [0.15, 0.2) is 36.4 Å². The molecule has 2 aliphatic heterocycles. The van der Waals surface area contributed by atoms with Gasteiger partial charge in [0.05, 0.1) is 22.6 Å². The first-order valence-corrected chi connectivity index (χ1v) is 11.3. The van der Waals surface area contributed by atoms with Gasteiger partial charge in [0.2, 0.25) is 0 Å². The van der Waals surface area contributed by atoms with Crippen molar-refractivity contribution in [1.82, 2.24) is 4.90 Å². The number of nitrogens with zero attached hydrogens (tertiary/aromatic N) is 2. The molecule has 2 heterocycles. The van der Waals surface area contributed by atoms with Gasteiger partial charge < -0.3 is 18.9 Å². The molecule has 0 spiro atoms. The van der Waals surface area contributed by atoms with E-state index in [0.717, 1.165) is 0 Å². The molecule has 10 nitrogen and oxygen atoms in total. The quantitative estimate of drug-likeness (QED) is 0.132. The number of alkyl halides is 1. The van der Waals surface area contributed by atoms with Crippen LogP contribution >= 0.6 is 11.6 Å². The molecule has 4 atom stereocenters. The van der Waals surface area contributed by atoms with Crippen molar-refractivity contribution in [3.8, 4) is 0 Å². The van der Waals surface area contributed by atoms with Gasteiger partial charge in [-0.15, -0.1) is 11.6 Å². The summed E-state index contributed by atoms with van der Waals surface area (Å²) in [5.41, 5.74) is -0.971. The van der Waals surface area contributed by atoms with Crippen LogP contribution in [0.5, 0.6) is 0 Å². The topological polar surface area (TPSA) is 121 Å². The van der Waals surface area contributed by atoms with E-state index >= 15 is 0 Å². The van der Waals surface area contributed by atoms with Gasteiger partial charge in [0.25, 0.3) is 5.69 Å². The summed E-state index contributed by atoms with van der Waals surface area (Å²) >= 11 is 6.02. The summed E-state index contributed by atoms with van der Waals surface area (Å²) in [5, 5.41) is 10.9. The van der Waals surface area contributed by atoms with Gasteiger partial charge >= 0.3 is 12.1 Å². The van der Waals surface area contributed by atoms with Crippen molar-refractivity contribution in [1.29, 1.82) is 0 Å². The number of non-ortho nitro benzene ring substituents is 1. The van der Waals surface area contributed by atoms with Crippen LogP contribution in [0.25, 0.3) is 0 Å². The molecule has 0 aromatic heterocycles. The standard InChI is InChI=1S/C23H29ClN2O8/c1-14(12-24)10-23(18-20(31-5)33-18)11-17(13-25(23)21(28)34-22(2,3)4)32-19(27)15-6-8-16(9-7-15)26(29)30/h6-9,17-18,20H,1,10-13H2,2-5H3/t17-,18?,20?,23+/m1/s1. The zero-order chi connectivity index (χ0) is 25.3. The number of nitro benzene ring substituents is 1. The SMILES string of the molecule is C=C(CCl)C[C@@]1(C2OC2OC)C[C@@H](OC(=O)c2ccc([N+](=O)[O-])cc2)CN1C(=O)OC(C)(C)C. The minimum atomic E-state index is -0.935. The highest BCUT2D eigenvalue weighted by molar-refractivity contribution is 6.19. The van der Waals surface area contributed by atoms with Crippen molar-refractivity contribution in [3.63, 3.8) is 0 Å². The molecule has 11 heteroatoms. The van der Waals surface area contributed by atoms with E-state index < -0.39 is 46.6 Å². The van der Waals surface area contributed by atoms with Crippen LogP contribution in [0, 0.1) is 10.1 Å². The smallest absolute Gasteiger partial charge is 0.410 e. The van der Waals surface area contributed by atoms with E-state index in [4.69, 9.17) is 30.5 Å². The molecule has 1 aromatic rings. The summed E-state index contributed by atoms with van der Waals surface area (Å²) in [6.07, 6.45) is -1.70. The molecule has 3 rings (SSSR count). The Balaban J connectivity index is 1.87. The highest BCUT2D eigenvalue weighted by atomic mass is 35.5. The maximum Gasteiger partial charge on any atom is 0.410 e. The molecule has 0 saturated carbocycles. The number of likely N-dealkylation sites (tertiary alicyclic amines) is 1. The van der Waals surface area contributed by atoms with E-state index in [-0.39, 0.29) is 30.1 Å². The van der Waals surface area contributed by atoms with Crippen LogP contribution in [-0.2, 0) is 18.9 Å². The molecule has 0 aliphatic carbocycles. The van der Waals surface area contributed by atoms with Crippen molar-refractivity contribution in [2.75, 3.05) is 19.5 Å². The fraction of sp³-hybridized carbons (Fsp3) is 0.565. The number of carbonyl (C=O) groups is 2. The Kier molecular flexibility index (Phi) is 7.54. The number of halogens is 1. The lowest BCUT2D eigenvalue weighted by atomic mass is 9.85. The van der Waals surface area contributed by atoms with Crippen LogP contribution in [0.4, 0.5) is 10.5 Å². The number of epoxide rings is 1. The number of esters is 1. The second kappa shape index (κ2) is 9.89. The number of rotatable bonds is 8. The van der Waals surface area contributed by atoms with Crippen molar-refractivity contribution in [3.05, 3.63) is 52.1 Å². The number of nitro groups is 1. The van der Waals surface area contributed by atoms with Gasteiger partial charge in [-0.05, 0) is 39.3 Å². The zero-order valence-electron chi connectivity index (χ0n) is 19.6. The highest BCUT2D eigenvalue weighted by Gasteiger charge is 2.64. The van der Waals surface area contributed by atoms with E-state index in [1.807, 2.05) is 0 Å². The number of ether oxygens (including phenoxy) is 4. The number of benzene rings is 1. The largest absolute Gasteiger partial charge is 0.457 e. The van der Waals surface area contributed by atoms with Crippen LogP contribution in [0.3, 0.4) is 0 Å². The molecule has 34 heavy (non-hydrogen) atoms. The van der Waals surface area contributed by atoms with E-state index in [1.165, 1.54) is 36.3 Å². The number of hydrogen-bond acceptors (Lipinski definition) is 8. The Morgan fingerprint density at radius 2 is 1.97 bits per heavy atom. The number of hydrogen-bond donors (Lipinski definition) is 0. The first-order chi connectivity index (χ1) is 15.9. The minimum Gasteiger partial charge on any atom is -0.457 e. The molecule has 186 valence electrons. The normalized spacial score (nSPS) is 26.1. The Bertz CT molecular complexity index is 961. The lowest BCUT2D eigenvalue weighted by molar-refractivity contribution is -0.384. The van der Waals surface area contributed by atoms with Crippen LogP contribution in [0.2, 0.25) is 0 Å². The van der Waals surface area contributed by atoms with Gasteiger partial charge in [-0.3, -0.25) is 15.0 Å². The van der Waals surface area contributed by atoms with E-state index in [0.29, 0.717) is 12.0 Å². The van der Waals surface area contributed by atoms with Crippen LogP contribution in [0.1, 0.15) is 44.0 Å². The Morgan fingerprint density at radius 3 is 2.47 bits per heavy atom. The molecule has 2 fully saturated rings. The predicted octanol–water partition coefficient (Wildman–Crippen LogP) is 4.06. The number of methoxy groups -OCH3 is 1. The van der Waals surface area contributed by atoms with Gasteiger partial charge in [0.1, 0.15) is 17.8 Å². The van der Waals surface area contributed by atoms with Crippen LogP contribution < -0.4 is 0 Å². The Morgan fingerprint density at radius 1 is 1.32 bits per heavy atom. The molecule has 0 bridgehead atoms. The highest BCUT2D eigenvalue weighted by Crippen LogP contribution is 2.48. The molecular weight excluding hydrogens is 468 g/mol. The maximum absolute atomic E-state index is 13.2. The summed E-state index contributed by atoms with van der Waals surface area (Å²) < 4.78 is 22.4. The monoisotopic (exact) mass is 496 g/mol. The zero-order valence-corrected chi connectivity index (χ0v) is 20.4. The maximum atomic E-state index is 13.2. The van der Waals surface area contributed by atoms with Gasteiger partial charge in [-0.2, -0.15) is 0 Å². The molecular formula is C23H29ClN2O8. The lowest BCUT2D eigenvalue weighted by Crippen LogP contribution is -2.53. The third-order valence-electron chi connectivity index (χ3n) is 5.66. The summed E-state index contributed by atoms with van der Waals surface area (Å²) in [6, 6.07) is 5.12. The van der Waals surface area contributed by atoms with Crippen molar-refractivity contribution in [2.45, 2.75) is 63.3 Å². The third-order valence-corrected chi connectivity index (χ3v) is 6.04. The van der Waals surface area contributed by atoms with E-state index in [1.54, 1.807) is 20.8 Å². The van der Waals surface area contributed by atoms with Gasteiger partial charge in [0, 0.05) is 31.5 Å². The summed E-state index contributed by atoms with van der Waals surface area (Å²) in [4.78, 5) is 37.8. The van der Waals surface area contributed by atoms with Crippen molar-refractivity contribution >= 4 is 29.4 Å². The molecule has 1 aromatic carbocycles. The summed E-state index contributed by atoms with van der Waals surface area (Å²) in [5.74, 6) is -0.474. The molecule has 0 radical (unpaired) electrons. The van der Waals surface area contributed by atoms with Gasteiger partial charge in [-0.1, -0.05) is 12.2 Å². The fourth-order valence-corrected chi connectivity index (χ4v) is 4.32. The van der Waals surface area contributed by atoms with Crippen molar-refractivity contribution < 1.29 is 33.5 Å². The number of amides is 1. The second-order valence-electron chi connectivity index (χ2n) is 9.45. The fourth-order valence-electron chi connectivity index (χ4n) is 4.22. The third kappa shape index (κ3) is 5.68.